The first kappa shape index (κ1) is 16.7. The summed E-state index contributed by atoms with van der Waals surface area (Å²) in [6.07, 6.45) is 5.82. The highest BCUT2D eigenvalue weighted by molar-refractivity contribution is 9.10. The third-order valence-corrected chi connectivity index (χ3v) is 4.41. The summed E-state index contributed by atoms with van der Waals surface area (Å²) in [6.45, 7) is 1.92. The van der Waals surface area contributed by atoms with Crippen LogP contribution in [0.4, 0.5) is 4.79 Å². The smallest absolute Gasteiger partial charge is 0.321 e. The minimum atomic E-state index is -0.513. The van der Waals surface area contributed by atoms with Crippen LogP contribution in [0.25, 0.3) is 0 Å². The Morgan fingerprint density at radius 1 is 1.32 bits per heavy atom. The fraction of sp³-hybridized carbons (Fsp3) is 0.533. The zero-order valence-corrected chi connectivity index (χ0v) is 14.1. The summed E-state index contributed by atoms with van der Waals surface area (Å²) in [6, 6.07) is 2.58. The Bertz CT molecular complexity index is 614. The van der Waals surface area contributed by atoms with Crippen molar-refractivity contribution >= 4 is 27.9 Å². The number of imide groups is 1. The van der Waals surface area contributed by atoms with Gasteiger partial charge in [0, 0.05) is 22.8 Å². The molecule has 0 unspecified atom stereocenters. The number of aromatic nitrogens is 1. The second-order valence-electron chi connectivity index (χ2n) is 5.70. The first-order valence-corrected chi connectivity index (χ1v) is 8.21. The fourth-order valence-electron chi connectivity index (χ4n) is 2.68. The van der Waals surface area contributed by atoms with E-state index in [-0.39, 0.29) is 18.1 Å². The lowest BCUT2D eigenvalue weighted by Gasteiger charge is -2.29. The molecule has 0 saturated heterocycles. The first-order valence-electron chi connectivity index (χ1n) is 7.42. The number of rotatable bonds is 3. The molecule has 1 aliphatic carbocycles. The van der Waals surface area contributed by atoms with E-state index >= 15 is 0 Å². The molecule has 1 saturated carbocycles. The van der Waals surface area contributed by atoms with E-state index in [0.29, 0.717) is 10.4 Å². The van der Waals surface area contributed by atoms with Gasteiger partial charge in [-0.2, -0.15) is 0 Å². The average molecular weight is 370 g/mol. The van der Waals surface area contributed by atoms with Crippen LogP contribution in [0.2, 0.25) is 0 Å². The number of carbonyl (C=O) groups excluding carboxylic acids is 2. The number of hydrogen-bond donors (Lipinski definition) is 2. The second kappa shape index (κ2) is 7.58. The zero-order valence-electron chi connectivity index (χ0n) is 12.5. The van der Waals surface area contributed by atoms with Crippen LogP contribution in [0.5, 0.6) is 0 Å². The molecule has 2 rings (SSSR count). The van der Waals surface area contributed by atoms with Gasteiger partial charge in [0.2, 0.25) is 5.91 Å². The summed E-state index contributed by atoms with van der Waals surface area (Å²) < 4.78 is 1.94. The predicted octanol–water partition coefficient (Wildman–Crippen LogP) is 2.02. The summed E-state index contributed by atoms with van der Waals surface area (Å²) in [5.74, 6) is -0.0940. The van der Waals surface area contributed by atoms with Gasteiger partial charge in [0.05, 0.1) is 0 Å². The standard InChI is InChI=1S/C15H20BrN3O3/c1-10-4-2-3-5-12(10)17-15(22)18-13(20)9-19-8-11(16)6-7-14(19)21/h6-8,10,12H,2-5,9H2,1H3,(H2,17,18,20,22)/t10-,12-/m1/s1. The molecular weight excluding hydrogens is 350 g/mol. The maximum absolute atomic E-state index is 11.9. The molecule has 6 nitrogen and oxygen atoms in total. The Labute approximate surface area is 137 Å². The van der Waals surface area contributed by atoms with E-state index in [4.69, 9.17) is 0 Å². The van der Waals surface area contributed by atoms with Crippen LogP contribution in [0.15, 0.2) is 27.6 Å². The summed E-state index contributed by atoms with van der Waals surface area (Å²) in [4.78, 5) is 35.3. The molecule has 120 valence electrons. The highest BCUT2D eigenvalue weighted by atomic mass is 79.9. The largest absolute Gasteiger partial charge is 0.335 e. The van der Waals surface area contributed by atoms with Gasteiger partial charge in [0.25, 0.3) is 5.56 Å². The molecule has 0 radical (unpaired) electrons. The molecule has 1 aromatic heterocycles. The monoisotopic (exact) mass is 369 g/mol. The Morgan fingerprint density at radius 2 is 2.05 bits per heavy atom. The SMILES string of the molecule is C[C@@H]1CCCC[C@H]1NC(=O)NC(=O)Cn1cc(Br)ccc1=O. The van der Waals surface area contributed by atoms with Crippen molar-refractivity contribution < 1.29 is 9.59 Å². The zero-order chi connectivity index (χ0) is 16.1. The van der Waals surface area contributed by atoms with Crippen LogP contribution in [-0.4, -0.2) is 22.5 Å². The lowest BCUT2D eigenvalue weighted by molar-refractivity contribution is -0.120. The Kier molecular flexibility index (Phi) is 5.76. The van der Waals surface area contributed by atoms with Crippen molar-refractivity contribution in [3.63, 3.8) is 0 Å². The van der Waals surface area contributed by atoms with Crippen LogP contribution in [0.1, 0.15) is 32.6 Å². The van der Waals surface area contributed by atoms with Crippen LogP contribution in [0, 0.1) is 5.92 Å². The lowest BCUT2D eigenvalue weighted by Crippen LogP contribution is -2.48. The normalized spacial score (nSPS) is 21.2. The number of pyridine rings is 1. The molecule has 0 aliphatic heterocycles. The van der Waals surface area contributed by atoms with Crippen molar-refractivity contribution in [3.05, 3.63) is 33.2 Å². The maximum Gasteiger partial charge on any atom is 0.321 e. The minimum absolute atomic E-state index is 0.107. The molecule has 3 amide bonds. The summed E-state index contributed by atoms with van der Waals surface area (Å²) in [7, 11) is 0. The van der Waals surface area contributed by atoms with Gasteiger partial charge in [-0.1, -0.05) is 19.8 Å². The summed E-state index contributed by atoms with van der Waals surface area (Å²) in [5.41, 5.74) is -0.292. The van der Waals surface area contributed by atoms with Crippen molar-refractivity contribution in [1.82, 2.24) is 15.2 Å². The van der Waals surface area contributed by atoms with E-state index in [1.165, 1.54) is 23.3 Å². The number of halogens is 1. The highest BCUT2D eigenvalue weighted by Gasteiger charge is 2.23. The van der Waals surface area contributed by atoms with Gasteiger partial charge >= 0.3 is 6.03 Å². The average Bonchev–Trinajstić information content (AvgIpc) is 2.45. The Hall–Kier alpha value is -1.63. The van der Waals surface area contributed by atoms with Gasteiger partial charge < -0.3 is 9.88 Å². The summed E-state index contributed by atoms with van der Waals surface area (Å²) in [5, 5.41) is 5.12. The van der Waals surface area contributed by atoms with Gasteiger partial charge in [-0.25, -0.2) is 4.79 Å². The number of urea groups is 1. The van der Waals surface area contributed by atoms with E-state index < -0.39 is 11.9 Å². The quantitative estimate of drug-likeness (QED) is 0.854. The van der Waals surface area contributed by atoms with Crippen molar-refractivity contribution in [1.29, 1.82) is 0 Å². The lowest BCUT2D eigenvalue weighted by atomic mass is 9.86. The van der Waals surface area contributed by atoms with Crippen molar-refractivity contribution in [2.45, 2.75) is 45.2 Å². The molecule has 0 bridgehead atoms. The molecular formula is C15H20BrN3O3. The Morgan fingerprint density at radius 3 is 2.77 bits per heavy atom. The van der Waals surface area contributed by atoms with Crippen molar-refractivity contribution in [3.8, 4) is 0 Å². The topological polar surface area (TPSA) is 80.2 Å². The fourth-order valence-corrected chi connectivity index (χ4v) is 3.06. The maximum atomic E-state index is 11.9. The summed E-state index contributed by atoms with van der Waals surface area (Å²) >= 11 is 3.24. The molecule has 1 heterocycles. The number of hydrogen-bond acceptors (Lipinski definition) is 3. The molecule has 2 atom stereocenters. The van der Waals surface area contributed by atoms with Crippen LogP contribution >= 0.6 is 15.9 Å². The van der Waals surface area contributed by atoms with Gasteiger partial charge in [0.1, 0.15) is 6.54 Å². The predicted molar refractivity (Wildman–Crippen MR) is 86.5 cm³/mol. The van der Waals surface area contributed by atoms with Gasteiger partial charge in [-0.3, -0.25) is 14.9 Å². The van der Waals surface area contributed by atoms with Crippen molar-refractivity contribution in [2.24, 2.45) is 5.92 Å². The number of nitrogens with one attached hydrogen (secondary N) is 2. The van der Waals surface area contributed by atoms with E-state index in [1.807, 2.05) is 0 Å². The van der Waals surface area contributed by atoms with Crippen molar-refractivity contribution in [2.75, 3.05) is 0 Å². The van der Waals surface area contributed by atoms with Gasteiger partial charge in [-0.05, 0) is 40.8 Å². The van der Waals surface area contributed by atoms with Gasteiger partial charge in [-0.15, -0.1) is 0 Å². The van der Waals surface area contributed by atoms with Crippen LogP contribution in [0.3, 0.4) is 0 Å². The molecule has 0 spiro atoms. The van der Waals surface area contributed by atoms with Gasteiger partial charge in [0.15, 0.2) is 0 Å². The molecule has 2 N–H and O–H groups in total. The second-order valence-corrected chi connectivity index (χ2v) is 6.62. The van der Waals surface area contributed by atoms with E-state index in [9.17, 15) is 14.4 Å². The number of carbonyl (C=O) groups is 2. The van der Waals surface area contributed by atoms with E-state index in [0.717, 1.165) is 19.3 Å². The van der Waals surface area contributed by atoms with E-state index in [2.05, 4.69) is 33.5 Å². The third kappa shape index (κ3) is 4.69. The first-order chi connectivity index (χ1) is 10.5. The van der Waals surface area contributed by atoms with E-state index in [1.54, 1.807) is 6.07 Å². The third-order valence-electron chi connectivity index (χ3n) is 3.94. The molecule has 22 heavy (non-hydrogen) atoms. The number of nitrogens with zero attached hydrogens (tertiary/aromatic N) is 1. The molecule has 7 heteroatoms. The molecule has 0 aromatic carbocycles. The molecule has 1 aliphatic rings. The van der Waals surface area contributed by atoms with Crippen LogP contribution < -0.4 is 16.2 Å². The molecule has 1 fully saturated rings. The Balaban J connectivity index is 1.87. The highest BCUT2D eigenvalue weighted by Crippen LogP contribution is 2.23. The number of amides is 3. The van der Waals surface area contributed by atoms with Crippen LogP contribution in [-0.2, 0) is 11.3 Å². The molecule has 1 aromatic rings. The minimum Gasteiger partial charge on any atom is -0.335 e.